The lowest BCUT2D eigenvalue weighted by atomic mass is 10.2. The van der Waals surface area contributed by atoms with Crippen molar-refractivity contribution in [1.82, 2.24) is 4.98 Å². The summed E-state index contributed by atoms with van der Waals surface area (Å²) in [4.78, 5) is 17.4. The van der Waals surface area contributed by atoms with Gasteiger partial charge in [0.1, 0.15) is 10.6 Å². The van der Waals surface area contributed by atoms with Crippen molar-refractivity contribution < 1.29 is 0 Å². The molecular weight excluding hydrogens is 196 g/mol. The van der Waals surface area contributed by atoms with E-state index in [1.807, 2.05) is 13.0 Å². The molecule has 0 aliphatic carbocycles. The Morgan fingerprint density at radius 1 is 1.50 bits per heavy atom. The van der Waals surface area contributed by atoms with Gasteiger partial charge in [-0.2, -0.15) is 0 Å². The molecule has 14 heavy (non-hydrogen) atoms. The first-order valence-electron chi connectivity index (χ1n) is 4.65. The van der Waals surface area contributed by atoms with E-state index in [2.05, 4.69) is 10.3 Å². The van der Waals surface area contributed by atoms with Gasteiger partial charge in [-0.1, -0.05) is 0 Å². The van der Waals surface area contributed by atoms with Gasteiger partial charge in [0.25, 0.3) is 0 Å². The lowest BCUT2D eigenvalue weighted by molar-refractivity contribution is 1.10. The third kappa shape index (κ3) is 0.944. The van der Waals surface area contributed by atoms with Crippen LogP contribution in [-0.2, 0) is 6.42 Å². The smallest absolute Gasteiger partial charge is 0.195 e. The van der Waals surface area contributed by atoms with Crippen LogP contribution in [0.15, 0.2) is 10.9 Å². The Kier molecular flexibility index (Phi) is 1.50. The summed E-state index contributed by atoms with van der Waals surface area (Å²) in [6.07, 6.45) is 0.843. The van der Waals surface area contributed by atoms with Crippen molar-refractivity contribution in [2.45, 2.75) is 13.3 Å². The molecule has 0 fully saturated rings. The Labute approximate surface area is 84.8 Å². The number of pyridine rings is 1. The number of aromatic nitrogens is 1. The topological polar surface area (TPSA) is 44.9 Å². The minimum atomic E-state index is 0.197. The van der Waals surface area contributed by atoms with E-state index in [9.17, 15) is 4.79 Å². The second-order valence-electron chi connectivity index (χ2n) is 3.58. The van der Waals surface area contributed by atoms with Crippen LogP contribution in [0, 0.1) is 6.92 Å². The molecule has 0 bridgehead atoms. The summed E-state index contributed by atoms with van der Waals surface area (Å²) >= 11 is 1.64. The molecule has 0 saturated heterocycles. The highest BCUT2D eigenvalue weighted by Gasteiger charge is 2.17. The van der Waals surface area contributed by atoms with Crippen molar-refractivity contribution in [2.75, 3.05) is 11.9 Å². The maximum atomic E-state index is 12.0. The number of hydrogen-bond donors (Lipinski definition) is 2. The fourth-order valence-electron chi connectivity index (χ4n) is 1.94. The predicted octanol–water partition coefficient (Wildman–Crippen LogP) is 1.87. The molecule has 1 aliphatic heterocycles. The Balaban J connectivity index is 2.49. The molecule has 0 aromatic carbocycles. The van der Waals surface area contributed by atoms with Crippen LogP contribution in [0.2, 0.25) is 0 Å². The first-order valence-corrected chi connectivity index (χ1v) is 5.46. The molecule has 0 atom stereocenters. The third-order valence-corrected chi connectivity index (χ3v) is 3.56. The highest BCUT2D eigenvalue weighted by molar-refractivity contribution is 7.18. The molecule has 72 valence electrons. The molecule has 0 unspecified atom stereocenters. The number of thiophene rings is 1. The van der Waals surface area contributed by atoms with Crippen LogP contribution in [0.1, 0.15) is 10.4 Å². The van der Waals surface area contributed by atoms with Gasteiger partial charge in [-0.3, -0.25) is 4.79 Å². The first-order chi connectivity index (χ1) is 6.75. The summed E-state index contributed by atoms with van der Waals surface area (Å²) in [6.45, 7) is 2.90. The number of fused-ring (bicyclic) bond motifs is 2. The first kappa shape index (κ1) is 8.05. The molecule has 3 nitrogen and oxygen atoms in total. The molecule has 0 spiro atoms. The van der Waals surface area contributed by atoms with Crippen molar-refractivity contribution in [3.63, 3.8) is 0 Å². The average molecular weight is 206 g/mol. The highest BCUT2D eigenvalue weighted by Crippen LogP contribution is 2.25. The maximum Gasteiger partial charge on any atom is 0.195 e. The normalized spacial score (nSPS) is 14.4. The van der Waals surface area contributed by atoms with E-state index in [1.54, 1.807) is 11.3 Å². The maximum absolute atomic E-state index is 12.0. The van der Waals surface area contributed by atoms with Crippen LogP contribution in [0.3, 0.4) is 0 Å². The van der Waals surface area contributed by atoms with Crippen molar-refractivity contribution in [1.29, 1.82) is 0 Å². The van der Waals surface area contributed by atoms with Gasteiger partial charge in [0.15, 0.2) is 5.43 Å². The second-order valence-corrected chi connectivity index (χ2v) is 4.84. The van der Waals surface area contributed by atoms with E-state index in [1.165, 1.54) is 4.88 Å². The molecule has 2 aromatic heterocycles. The summed E-state index contributed by atoms with van der Waals surface area (Å²) < 4.78 is 0. The van der Waals surface area contributed by atoms with Gasteiger partial charge in [0.2, 0.25) is 0 Å². The fraction of sp³-hybridized carbons (Fsp3) is 0.300. The highest BCUT2D eigenvalue weighted by atomic mass is 32.1. The van der Waals surface area contributed by atoms with Crippen molar-refractivity contribution in [3.05, 3.63) is 26.7 Å². The standard InChI is InChI=1S/C10H10N2OS/c1-5-4-7-8(13)6-2-3-11-9(6)12-10(7)14-5/h4H,2-3H2,1H3,(H2,11,12,13). The summed E-state index contributed by atoms with van der Waals surface area (Å²) in [7, 11) is 0. The van der Waals surface area contributed by atoms with Gasteiger partial charge in [0, 0.05) is 17.0 Å². The van der Waals surface area contributed by atoms with Crippen LogP contribution < -0.4 is 10.7 Å². The zero-order chi connectivity index (χ0) is 9.71. The number of nitrogens with one attached hydrogen (secondary N) is 2. The molecule has 3 rings (SSSR count). The minimum Gasteiger partial charge on any atom is -0.371 e. The van der Waals surface area contributed by atoms with Gasteiger partial charge >= 0.3 is 0 Å². The molecule has 1 aliphatic rings. The molecule has 2 N–H and O–H groups in total. The molecule has 0 saturated carbocycles. The molecular formula is C10H10N2OS. The molecule has 0 radical (unpaired) electrons. The minimum absolute atomic E-state index is 0.197. The van der Waals surface area contributed by atoms with Crippen LogP contribution in [-0.4, -0.2) is 11.5 Å². The van der Waals surface area contributed by atoms with E-state index in [0.29, 0.717) is 0 Å². The van der Waals surface area contributed by atoms with Crippen LogP contribution in [0.5, 0.6) is 0 Å². The second kappa shape index (κ2) is 2.60. The number of H-pyrrole nitrogens is 1. The van der Waals surface area contributed by atoms with Crippen LogP contribution >= 0.6 is 11.3 Å². The summed E-state index contributed by atoms with van der Waals surface area (Å²) in [6, 6.07) is 1.97. The molecule has 0 amide bonds. The van der Waals surface area contributed by atoms with Gasteiger partial charge in [0.05, 0.1) is 5.39 Å². The number of aryl methyl sites for hydroxylation is 1. The van der Waals surface area contributed by atoms with Gasteiger partial charge in [-0.25, -0.2) is 0 Å². The fourth-order valence-corrected chi connectivity index (χ4v) is 2.86. The summed E-state index contributed by atoms with van der Waals surface area (Å²) in [5.41, 5.74) is 1.11. The summed E-state index contributed by atoms with van der Waals surface area (Å²) in [5, 5.41) is 4.04. The Morgan fingerprint density at radius 2 is 2.36 bits per heavy atom. The quantitative estimate of drug-likeness (QED) is 0.691. The summed E-state index contributed by atoms with van der Waals surface area (Å²) in [5.74, 6) is 0.921. The SMILES string of the molecule is Cc1cc2c(=O)c3c([nH]c2s1)NCC3. The predicted molar refractivity (Wildman–Crippen MR) is 59.4 cm³/mol. The number of hydrogen-bond acceptors (Lipinski definition) is 3. The Morgan fingerprint density at radius 3 is 3.21 bits per heavy atom. The number of aromatic amines is 1. The van der Waals surface area contributed by atoms with E-state index < -0.39 is 0 Å². The molecule has 3 heterocycles. The van der Waals surface area contributed by atoms with E-state index >= 15 is 0 Å². The third-order valence-electron chi connectivity index (χ3n) is 2.59. The van der Waals surface area contributed by atoms with Crippen molar-refractivity contribution >= 4 is 27.4 Å². The zero-order valence-corrected chi connectivity index (χ0v) is 8.62. The van der Waals surface area contributed by atoms with Crippen LogP contribution in [0.25, 0.3) is 10.2 Å². The number of rotatable bonds is 0. The van der Waals surface area contributed by atoms with Gasteiger partial charge in [-0.05, 0) is 19.4 Å². The van der Waals surface area contributed by atoms with E-state index in [0.717, 1.165) is 34.6 Å². The Bertz CT molecular complexity index is 567. The van der Waals surface area contributed by atoms with E-state index in [-0.39, 0.29) is 5.43 Å². The zero-order valence-electron chi connectivity index (χ0n) is 7.81. The van der Waals surface area contributed by atoms with Crippen molar-refractivity contribution in [3.8, 4) is 0 Å². The largest absolute Gasteiger partial charge is 0.371 e. The van der Waals surface area contributed by atoms with Crippen LogP contribution in [0.4, 0.5) is 5.82 Å². The monoisotopic (exact) mass is 206 g/mol. The van der Waals surface area contributed by atoms with E-state index in [4.69, 9.17) is 0 Å². The lowest BCUT2D eigenvalue weighted by Crippen LogP contribution is -2.07. The van der Waals surface area contributed by atoms with Crippen molar-refractivity contribution in [2.24, 2.45) is 0 Å². The van der Waals surface area contributed by atoms with Gasteiger partial charge < -0.3 is 10.3 Å². The molecule has 2 aromatic rings. The average Bonchev–Trinajstić information content (AvgIpc) is 2.71. The number of anilines is 1. The molecule has 4 heteroatoms. The lowest BCUT2D eigenvalue weighted by Gasteiger charge is -1.98. The van der Waals surface area contributed by atoms with Gasteiger partial charge in [-0.15, -0.1) is 11.3 Å². The Hall–Kier alpha value is -1.29.